The zero-order chi connectivity index (χ0) is 13.4. The largest absolute Gasteiger partial charge is 0.445 e. The van der Waals surface area contributed by atoms with Gasteiger partial charge in [-0.3, -0.25) is 0 Å². The first kappa shape index (κ1) is 14.5. The molecule has 100 valence electrons. The summed E-state index contributed by atoms with van der Waals surface area (Å²) in [7, 11) is 0. The molecular formula is C14H22N2O2. The van der Waals surface area contributed by atoms with Crippen LogP contribution in [-0.2, 0) is 11.3 Å². The van der Waals surface area contributed by atoms with Crippen molar-refractivity contribution in [1.29, 1.82) is 0 Å². The van der Waals surface area contributed by atoms with E-state index in [4.69, 9.17) is 10.5 Å². The van der Waals surface area contributed by atoms with Gasteiger partial charge >= 0.3 is 6.09 Å². The molecule has 1 aromatic carbocycles. The van der Waals surface area contributed by atoms with E-state index in [9.17, 15) is 4.79 Å². The van der Waals surface area contributed by atoms with Gasteiger partial charge in [-0.05, 0) is 11.5 Å². The standard InChI is InChI=1S/C14H22N2O2/c1-3-11(2)13(9-15)16-14(17)18-10-12-7-5-4-6-8-12/h4-8,11,13H,3,9-10,15H2,1-2H3,(H,16,17)/t11-,13-/m0/s1. The smallest absolute Gasteiger partial charge is 0.407 e. The molecule has 3 N–H and O–H groups in total. The first-order chi connectivity index (χ1) is 8.67. The van der Waals surface area contributed by atoms with E-state index in [-0.39, 0.29) is 12.6 Å². The molecule has 1 amide bonds. The number of benzene rings is 1. The van der Waals surface area contributed by atoms with E-state index < -0.39 is 6.09 Å². The molecule has 1 rings (SSSR count). The second kappa shape index (κ2) is 7.71. The zero-order valence-electron chi connectivity index (χ0n) is 11.1. The van der Waals surface area contributed by atoms with Crippen LogP contribution in [0.4, 0.5) is 4.79 Å². The number of carbonyl (C=O) groups is 1. The molecule has 1 aromatic rings. The lowest BCUT2D eigenvalue weighted by Gasteiger charge is -2.22. The Kier molecular flexibility index (Phi) is 6.22. The normalized spacial score (nSPS) is 13.7. The van der Waals surface area contributed by atoms with Crippen molar-refractivity contribution in [2.75, 3.05) is 6.54 Å². The van der Waals surface area contributed by atoms with Gasteiger partial charge in [0.05, 0.1) is 0 Å². The molecule has 0 aromatic heterocycles. The molecule has 0 bridgehead atoms. The number of hydrogen-bond acceptors (Lipinski definition) is 3. The molecule has 0 heterocycles. The van der Waals surface area contributed by atoms with Crippen molar-refractivity contribution in [3.05, 3.63) is 35.9 Å². The maximum absolute atomic E-state index is 11.6. The highest BCUT2D eigenvalue weighted by Gasteiger charge is 2.17. The minimum atomic E-state index is -0.408. The van der Waals surface area contributed by atoms with Gasteiger partial charge in [0.15, 0.2) is 0 Å². The van der Waals surface area contributed by atoms with Gasteiger partial charge in [0.25, 0.3) is 0 Å². The van der Waals surface area contributed by atoms with Crippen LogP contribution in [0.25, 0.3) is 0 Å². The topological polar surface area (TPSA) is 64.3 Å². The van der Waals surface area contributed by atoms with E-state index in [0.717, 1.165) is 12.0 Å². The third-order valence-electron chi connectivity index (χ3n) is 3.10. The summed E-state index contributed by atoms with van der Waals surface area (Å²) in [5.74, 6) is 0.347. The van der Waals surface area contributed by atoms with Gasteiger partial charge < -0.3 is 15.8 Å². The summed E-state index contributed by atoms with van der Waals surface area (Å²) in [6.45, 7) is 4.85. The quantitative estimate of drug-likeness (QED) is 0.814. The van der Waals surface area contributed by atoms with E-state index in [2.05, 4.69) is 19.2 Å². The van der Waals surface area contributed by atoms with Crippen molar-refractivity contribution in [3.63, 3.8) is 0 Å². The van der Waals surface area contributed by atoms with Crippen LogP contribution in [0.3, 0.4) is 0 Å². The number of nitrogens with one attached hydrogen (secondary N) is 1. The van der Waals surface area contributed by atoms with Crippen LogP contribution in [0, 0.1) is 5.92 Å². The molecule has 0 spiro atoms. The molecule has 4 nitrogen and oxygen atoms in total. The third-order valence-corrected chi connectivity index (χ3v) is 3.10. The highest BCUT2D eigenvalue weighted by molar-refractivity contribution is 5.67. The maximum Gasteiger partial charge on any atom is 0.407 e. The number of nitrogens with two attached hydrogens (primary N) is 1. The first-order valence-corrected chi connectivity index (χ1v) is 6.34. The van der Waals surface area contributed by atoms with Gasteiger partial charge in [-0.25, -0.2) is 4.79 Å². The van der Waals surface area contributed by atoms with Crippen LogP contribution in [0.1, 0.15) is 25.8 Å². The summed E-state index contributed by atoms with van der Waals surface area (Å²) in [4.78, 5) is 11.6. The number of ether oxygens (including phenoxy) is 1. The number of carbonyl (C=O) groups excluding carboxylic acids is 1. The van der Waals surface area contributed by atoms with Crippen LogP contribution in [0.2, 0.25) is 0 Å². The molecule has 0 saturated carbocycles. The molecule has 0 radical (unpaired) electrons. The number of hydrogen-bond donors (Lipinski definition) is 2. The van der Waals surface area contributed by atoms with Gasteiger partial charge in [-0.2, -0.15) is 0 Å². The second-order valence-corrected chi connectivity index (χ2v) is 4.43. The van der Waals surface area contributed by atoms with Crippen LogP contribution >= 0.6 is 0 Å². The Balaban J connectivity index is 2.37. The zero-order valence-corrected chi connectivity index (χ0v) is 11.1. The summed E-state index contributed by atoms with van der Waals surface area (Å²) in [6, 6.07) is 9.57. The molecule has 18 heavy (non-hydrogen) atoms. The molecule has 0 unspecified atom stereocenters. The van der Waals surface area contributed by atoms with E-state index >= 15 is 0 Å². The van der Waals surface area contributed by atoms with Crippen molar-refractivity contribution in [3.8, 4) is 0 Å². The Hall–Kier alpha value is -1.55. The highest BCUT2D eigenvalue weighted by Crippen LogP contribution is 2.07. The third kappa shape index (κ3) is 4.75. The predicted octanol–water partition coefficient (Wildman–Crippen LogP) is 2.29. The van der Waals surface area contributed by atoms with Crippen LogP contribution in [-0.4, -0.2) is 18.7 Å². The second-order valence-electron chi connectivity index (χ2n) is 4.43. The number of amides is 1. The van der Waals surface area contributed by atoms with E-state index in [1.165, 1.54) is 0 Å². The SMILES string of the molecule is CC[C@H](C)[C@H](CN)NC(=O)OCc1ccccc1. The van der Waals surface area contributed by atoms with Crippen molar-refractivity contribution in [1.82, 2.24) is 5.32 Å². The molecule has 0 fully saturated rings. The van der Waals surface area contributed by atoms with E-state index in [1.807, 2.05) is 30.3 Å². The average molecular weight is 250 g/mol. The van der Waals surface area contributed by atoms with Crippen LogP contribution < -0.4 is 11.1 Å². The predicted molar refractivity (Wildman–Crippen MR) is 72.1 cm³/mol. The van der Waals surface area contributed by atoms with Gasteiger partial charge in [-0.1, -0.05) is 50.6 Å². The van der Waals surface area contributed by atoms with E-state index in [1.54, 1.807) is 0 Å². The lowest BCUT2D eigenvalue weighted by atomic mass is 10.00. The van der Waals surface area contributed by atoms with Crippen molar-refractivity contribution >= 4 is 6.09 Å². The number of alkyl carbamates (subject to hydrolysis) is 1. The van der Waals surface area contributed by atoms with Gasteiger partial charge in [0, 0.05) is 12.6 Å². The van der Waals surface area contributed by atoms with Crippen LogP contribution in [0.15, 0.2) is 30.3 Å². The summed E-state index contributed by atoms with van der Waals surface area (Å²) in [5.41, 5.74) is 6.61. The van der Waals surface area contributed by atoms with Crippen molar-refractivity contribution in [2.45, 2.75) is 32.9 Å². The summed E-state index contributed by atoms with van der Waals surface area (Å²) in [5, 5.41) is 2.80. The molecule has 0 aliphatic carbocycles. The minimum absolute atomic E-state index is 0.0294. The highest BCUT2D eigenvalue weighted by atomic mass is 16.5. The van der Waals surface area contributed by atoms with Gasteiger partial charge in [0.1, 0.15) is 6.61 Å². The fraction of sp³-hybridized carbons (Fsp3) is 0.500. The first-order valence-electron chi connectivity index (χ1n) is 6.34. The Morgan fingerprint density at radius 1 is 1.39 bits per heavy atom. The molecular weight excluding hydrogens is 228 g/mol. The Morgan fingerprint density at radius 3 is 2.61 bits per heavy atom. The lowest BCUT2D eigenvalue weighted by molar-refractivity contribution is 0.132. The lowest BCUT2D eigenvalue weighted by Crippen LogP contribution is -2.44. The number of rotatable bonds is 6. The molecule has 0 aliphatic heterocycles. The monoisotopic (exact) mass is 250 g/mol. The summed E-state index contributed by atoms with van der Waals surface area (Å²) < 4.78 is 5.15. The van der Waals surface area contributed by atoms with Gasteiger partial charge in [0.2, 0.25) is 0 Å². The van der Waals surface area contributed by atoms with E-state index in [0.29, 0.717) is 12.5 Å². The average Bonchev–Trinajstić information content (AvgIpc) is 2.42. The van der Waals surface area contributed by atoms with Crippen LogP contribution in [0.5, 0.6) is 0 Å². The molecule has 4 heteroatoms. The minimum Gasteiger partial charge on any atom is -0.445 e. The molecule has 0 aliphatic rings. The van der Waals surface area contributed by atoms with Crippen molar-refractivity contribution in [2.24, 2.45) is 11.7 Å². The summed E-state index contributed by atoms with van der Waals surface area (Å²) >= 11 is 0. The molecule has 0 saturated heterocycles. The molecule has 2 atom stereocenters. The maximum atomic E-state index is 11.6. The van der Waals surface area contributed by atoms with Gasteiger partial charge in [-0.15, -0.1) is 0 Å². The van der Waals surface area contributed by atoms with Crippen molar-refractivity contribution < 1.29 is 9.53 Å². The Bertz CT molecular complexity index is 354. The summed E-state index contributed by atoms with van der Waals surface area (Å²) in [6.07, 6.45) is 0.565. The Labute approximate surface area is 109 Å². The fourth-order valence-electron chi connectivity index (χ4n) is 1.63. The fourth-order valence-corrected chi connectivity index (χ4v) is 1.63. The Morgan fingerprint density at radius 2 is 2.06 bits per heavy atom.